The maximum absolute atomic E-state index is 12.6. The number of carbonyl (C=O) groups is 2. The highest BCUT2D eigenvalue weighted by atomic mass is 32.2. The van der Waals surface area contributed by atoms with Crippen LogP contribution in [0.25, 0.3) is 0 Å². The fourth-order valence-electron chi connectivity index (χ4n) is 42.5. The molecular formula is C126H208N2O19S. The number of benzene rings is 1. The number of nitriles is 2. The van der Waals surface area contributed by atoms with Gasteiger partial charge in [-0.25, -0.2) is 0 Å². The summed E-state index contributed by atoms with van der Waals surface area (Å²) >= 11 is 0. The quantitative estimate of drug-likeness (QED) is 0.165. The minimum Gasteiger partial charge on any atom is -0.412 e. The van der Waals surface area contributed by atoms with Gasteiger partial charge in [-0.2, -0.15) is 18.9 Å². The molecule has 22 aliphatic rings. The molecule has 2 heterocycles. The van der Waals surface area contributed by atoms with Gasteiger partial charge >= 0.3 is 0 Å². The van der Waals surface area contributed by atoms with Crippen molar-refractivity contribution in [3.05, 3.63) is 29.8 Å². The van der Waals surface area contributed by atoms with Gasteiger partial charge in [0, 0.05) is 94.2 Å². The van der Waals surface area contributed by atoms with Crippen molar-refractivity contribution in [1.29, 1.82) is 10.5 Å². The van der Waals surface area contributed by atoms with Gasteiger partial charge in [-0.15, -0.1) is 0 Å². The van der Waals surface area contributed by atoms with Gasteiger partial charge in [0.05, 0.1) is 110 Å². The summed E-state index contributed by atoms with van der Waals surface area (Å²) in [5.74, 6) is 14.7. The summed E-state index contributed by atoms with van der Waals surface area (Å²) in [6.45, 7) is 49.4. The molecule has 1 aromatic rings. The lowest BCUT2D eigenvalue weighted by Crippen LogP contribution is -2.64. The first kappa shape index (κ1) is 119. The Morgan fingerprint density at radius 3 is 0.980 bits per heavy atom. The lowest BCUT2D eigenvalue weighted by atomic mass is 9.43. The number of ketones is 2. The van der Waals surface area contributed by atoms with Crippen LogP contribution < -0.4 is 0 Å². The Bertz CT molecular complexity index is 4840. The molecule has 20 aliphatic carbocycles. The van der Waals surface area contributed by atoms with E-state index in [1.54, 1.807) is 12.1 Å². The zero-order valence-electron chi connectivity index (χ0n) is 95.0. The summed E-state index contributed by atoms with van der Waals surface area (Å²) < 4.78 is 87.0. The molecule has 2 saturated heterocycles. The van der Waals surface area contributed by atoms with Crippen molar-refractivity contribution >= 4 is 21.7 Å². The van der Waals surface area contributed by atoms with Crippen molar-refractivity contribution in [1.82, 2.24) is 0 Å². The first-order valence-corrected chi connectivity index (χ1v) is 60.4. The second-order valence-corrected chi connectivity index (χ2v) is 60.0. The molecule has 0 aromatic heterocycles. The van der Waals surface area contributed by atoms with Crippen LogP contribution in [0.4, 0.5) is 0 Å². The normalized spacial score (nSPS) is 51.2. The molecule has 46 atom stereocenters. The fourth-order valence-corrected chi connectivity index (χ4v) is 43.0. The molecule has 0 amide bonds. The highest BCUT2D eigenvalue weighted by Gasteiger charge is 2.75. The standard InChI is InChI=1S/C26H44O4.C26H42O4.2C22H35NO2.C21H34O3.C7H8O3S.2CH4.H2O/c2*1-16-12-24(4)17(11-20(16)27)7-8-18-19-9-10-26(29-14-23(2,3)15-30-26)25(19,5)13-21(28-6)22(18)24;2*1-13-10-22(3)14(9-18(13)24)5-7-16-17-8-6-15(12-23)21(17,2)11-19(25-4)20(16)22;1-12-10-20(2)13(9-16(12)22)5-6-14-15-7-8-18(23)21(15,3)11-17(24-4)19(14)20;1-6-2-4-7(5-3-6)11(8,9)10;;;/h16-22,27H,7-15H2,1-6H3;16-19,21-22H,7-15H2,1-6H3;2*13-20,24H,5-11H2,1-4H3;12-17,19,22H,5-11H2,1-4H3;2-5H,1H3,(H,8,9,10);2*1H4;1H2/t16-,17+,18+,19+,20+,21+,22-,24+,25+;16-,17+,18+,19+,21+,22-,24+,25+;13-,14+,15+,16+,17+,18+,19+,20-,21-,22+;13-,14+,15-,16+,17+,18+,19+,20-,21-,22+;12-,13+,14+,15+,16+,17+,19-,20+,21+;;;;/m11111..../s1. The topological polar surface area (TPSA) is 332 Å². The van der Waals surface area contributed by atoms with Gasteiger partial charge in [0.2, 0.25) is 0 Å². The molecule has 20 saturated carbocycles. The van der Waals surface area contributed by atoms with E-state index in [1.807, 2.05) is 42.5 Å². The van der Waals surface area contributed by atoms with Gasteiger partial charge in [-0.1, -0.05) is 164 Å². The van der Waals surface area contributed by atoms with Crippen LogP contribution in [-0.4, -0.2) is 179 Å². The maximum atomic E-state index is 12.6. The van der Waals surface area contributed by atoms with E-state index in [4.69, 9.17) is 47.2 Å². The van der Waals surface area contributed by atoms with Gasteiger partial charge < -0.3 is 68.5 Å². The van der Waals surface area contributed by atoms with Crippen molar-refractivity contribution in [2.24, 2.45) is 225 Å². The highest BCUT2D eigenvalue weighted by molar-refractivity contribution is 7.85. The smallest absolute Gasteiger partial charge is 0.294 e. The lowest BCUT2D eigenvalue weighted by Gasteiger charge is -2.64. The average molecular weight is 2090 g/mol. The van der Waals surface area contributed by atoms with Gasteiger partial charge in [0.1, 0.15) is 11.6 Å². The predicted molar refractivity (Wildman–Crippen MR) is 579 cm³/mol. The summed E-state index contributed by atoms with van der Waals surface area (Å²) in [5.41, 5.74) is 2.62. The molecule has 842 valence electrons. The number of aryl methyl sites for hydroxylation is 1. The number of methoxy groups -OCH3 is 5. The van der Waals surface area contributed by atoms with E-state index < -0.39 is 21.7 Å². The first-order chi connectivity index (χ1) is 68.1. The van der Waals surface area contributed by atoms with Crippen LogP contribution in [0.5, 0.6) is 0 Å². The third-order valence-electron chi connectivity index (χ3n) is 50.1. The Hall–Kier alpha value is -3.11. The van der Waals surface area contributed by atoms with E-state index in [2.05, 4.69) is 144 Å². The zero-order chi connectivity index (χ0) is 105. The highest BCUT2D eigenvalue weighted by Crippen LogP contribution is 2.77. The number of aliphatic hydroxyl groups is 4. The molecule has 0 unspecified atom stereocenters. The fraction of sp³-hybridized carbons (Fsp3) is 0.921. The van der Waals surface area contributed by atoms with Crippen LogP contribution in [0.3, 0.4) is 0 Å². The van der Waals surface area contributed by atoms with Crippen molar-refractivity contribution in [2.75, 3.05) is 62.0 Å². The van der Waals surface area contributed by atoms with E-state index in [0.29, 0.717) is 154 Å². The Labute approximate surface area is 896 Å². The average Bonchev–Trinajstić information content (AvgIpc) is 1.47. The summed E-state index contributed by atoms with van der Waals surface area (Å²) in [6.07, 6.45) is 39.3. The molecule has 7 N–H and O–H groups in total. The number of aliphatic hydroxyl groups excluding tert-OH is 4. The molecule has 0 radical (unpaired) electrons. The van der Waals surface area contributed by atoms with Crippen molar-refractivity contribution < 1.29 is 91.1 Å². The first-order valence-electron chi connectivity index (χ1n) is 58.9. The van der Waals surface area contributed by atoms with Crippen molar-refractivity contribution in [3.8, 4) is 12.1 Å². The molecule has 22 fully saturated rings. The number of carbonyl (C=O) groups excluding carboxylic acids is 2. The van der Waals surface area contributed by atoms with E-state index in [1.165, 1.54) is 102 Å². The molecule has 0 bridgehead atoms. The molecule has 148 heavy (non-hydrogen) atoms. The number of ether oxygens (including phenoxy) is 9. The molecule has 2 spiro atoms. The van der Waals surface area contributed by atoms with Crippen LogP contribution in [0.2, 0.25) is 0 Å². The summed E-state index contributed by atoms with van der Waals surface area (Å²) in [6, 6.07) is 11.3. The summed E-state index contributed by atoms with van der Waals surface area (Å²) in [7, 11) is 5.43. The monoisotopic (exact) mass is 2090 g/mol. The Morgan fingerprint density at radius 2 is 0.662 bits per heavy atom. The maximum Gasteiger partial charge on any atom is 0.294 e. The molecule has 1 aromatic carbocycles. The Morgan fingerprint density at radius 1 is 0.365 bits per heavy atom. The molecule has 22 heteroatoms. The molecule has 23 rings (SSSR count). The minimum absolute atomic E-state index is 0. The minimum atomic E-state index is -4.02. The summed E-state index contributed by atoms with van der Waals surface area (Å²) in [5, 5.41) is 61.3. The molecular weight excluding hydrogens is 1880 g/mol. The van der Waals surface area contributed by atoms with Crippen LogP contribution in [0, 0.1) is 254 Å². The third-order valence-corrected chi connectivity index (χ3v) is 51.0. The molecule has 2 aliphatic heterocycles. The van der Waals surface area contributed by atoms with Gasteiger partial charge in [-0.05, 0) is 398 Å². The lowest BCUT2D eigenvalue weighted by molar-refractivity contribution is -0.354. The number of nitrogens with zero attached hydrogens (tertiary/aromatic N) is 2. The van der Waals surface area contributed by atoms with E-state index in [0.717, 1.165) is 167 Å². The van der Waals surface area contributed by atoms with Crippen LogP contribution >= 0.6 is 0 Å². The van der Waals surface area contributed by atoms with Crippen molar-refractivity contribution in [3.63, 3.8) is 0 Å². The number of fused-ring (bicyclic) bond motifs is 27. The van der Waals surface area contributed by atoms with Crippen LogP contribution in [0.1, 0.15) is 377 Å². The largest absolute Gasteiger partial charge is 0.412 e. The number of rotatable bonds is 6. The Balaban J connectivity index is 0.000000135. The number of Topliss-reactive ketones (excluding diaryl/α,β-unsaturated/α-hetero) is 2. The van der Waals surface area contributed by atoms with Crippen LogP contribution in [0.15, 0.2) is 29.2 Å². The Kier molecular flexibility index (Phi) is 34.7. The van der Waals surface area contributed by atoms with Crippen molar-refractivity contribution in [2.45, 2.75) is 449 Å². The van der Waals surface area contributed by atoms with E-state index >= 15 is 0 Å². The van der Waals surface area contributed by atoms with E-state index in [-0.39, 0.29) is 163 Å². The SMILES string of the molecule is C.C.CO[C@H]1C[C@@]2(C)[C@@H](CCC23OCC(C)(C)CO3)[C@@H]2CC[C@H]3CC(=O)[C@H](C)C[C@]3(C)[C@H]21.CO[C@H]1C[C@@]2(C)[C@@H](CCC23OCC(C)(C)CO3)[C@@H]2CC[C@H]3C[C@H](O)[C@H](C)C[C@]3(C)[C@H]21.CO[C@H]1C[C@]2(C)C(=O)CC[C@H]2[C@@H]2CC[C@H]3C[C@H](O)[C@H](C)C[C@]3(C)[C@H]21.CO[C@H]1C[C@]2(C)[C@@H](C#N)CC[C@H]2[C@@H]2CC[C@H]3C[C@H](O)[C@H](C)C[C@]3(C)[C@H]21.CO[C@H]1C[C@]2(C)[C@H](C#N)CC[C@H]2[C@@H]2CC[C@H]3C[C@H](O)[C@H](C)C[C@]3(C)[C@H]21.Cc1ccc(S(=O)(=O)O)cc1.O. The number of hydrogen-bond donors (Lipinski definition) is 5. The zero-order valence-corrected chi connectivity index (χ0v) is 95.8. The second kappa shape index (κ2) is 43.2. The number of hydrogen-bond acceptors (Lipinski definition) is 19. The third kappa shape index (κ3) is 19.6. The molecule has 21 nitrogen and oxygen atoms in total. The van der Waals surface area contributed by atoms with E-state index in [9.17, 15) is 49.0 Å². The van der Waals surface area contributed by atoms with Gasteiger partial charge in [-0.3, -0.25) is 14.1 Å². The second-order valence-electron chi connectivity index (χ2n) is 58.6. The van der Waals surface area contributed by atoms with Gasteiger partial charge in [0.15, 0.2) is 11.6 Å². The van der Waals surface area contributed by atoms with Crippen LogP contribution in [-0.2, 0) is 62.3 Å². The van der Waals surface area contributed by atoms with Gasteiger partial charge in [0.25, 0.3) is 10.1 Å². The predicted octanol–water partition coefficient (Wildman–Crippen LogP) is 24.6. The summed E-state index contributed by atoms with van der Waals surface area (Å²) in [4.78, 5) is 25.1.